The van der Waals surface area contributed by atoms with Crippen LogP contribution in [-0.2, 0) is 22.7 Å². The largest absolute Gasteiger partial charge is 0.355 e. The number of benzene rings is 3. The van der Waals surface area contributed by atoms with Crippen LogP contribution in [-0.4, -0.2) is 77.1 Å². The van der Waals surface area contributed by atoms with Gasteiger partial charge in [-0.05, 0) is 49.0 Å². The van der Waals surface area contributed by atoms with E-state index in [4.69, 9.17) is 0 Å². The van der Waals surface area contributed by atoms with Crippen LogP contribution in [0.1, 0.15) is 41.5 Å². The molecule has 230 valence electrons. The van der Waals surface area contributed by atoms with Crippen molar-refractivity contribution in [3.05, 3.63) is 112 Å². The Bertz CT molecular complexity index is 1440. The third kappa shape index (κ3) is 7.81. The number of hydrogen-bond acceptors (Lipinski definition) is 5. The maximum absolute atomic E-state index is 14.0. The van der Waals surface area contributed by atoms with E-state index in [2.05, 4.69) is 81.5 Å². The van der Waals surface area contributed by atoms with Crippen molar-refractivity contribution < 1.29 is 9.59 Å². The zero-order valence-corrected chi connectivity index (χ0v) is 26.6. The molecule has 1 aliphatic carbocycles. The Morgan fingerprint density at radius 2 is 1.57 bits per heavy atom. The summed E-state index contributed by atoms with van der Waals surface area (Å²) >= 11 is 1.71. The van der Waals surface area contributed by atoms with Gasteiger partial charge in [0.15, 0.2) is 0 Å². The van der Waals surface area contributed by atoms with Gasteiger partial charge in [-0.3, -0.25) is 19.4 Å². The highest BCUT2D eigenvalue weighted by Gasteiger charge is 2.44. The molecule has 1 saturated carbocycles. The molecule has 3 fully saturated rings. The molecule has 44 heavy (non-hydrogen) atoms. The molecule has 1 N–H and O–H groups in total. The summed E-state index contributed by atoms with van der Waals surface area (Å²) in [7, 11) is 0. The quantitative estimate of drug-likeness (QED) is 0.322. The van der Waals surface area contributed by atoms with Gasteiger partial charge in [0.05, 0.1) is 4.91 Å². The summed E-state index contributed by atoms with van der Waals surface area (Å²) in [6.45, 7) is 9.38. The lowest BCUT2D eigenvalue weighted by Crippen LogP contribution is -2.54. The number of piperazine rings is 1. The van der Waals surface area contributed by atoms with Crippen molar-refractivity contribution >= 4 is 29.7 Å². The first kappa shape index (κ1) is 30.6. The number of amides is 2. The van der Waals surface area contributed by atoms with E-state index in [1.165, 1.54) is 11.1 Å². The van der Waals surface area contributed by atoms with Crippen LogP contribution in [0.25, 0.3) is 6.08 Å². The maximum atomic E-state index is 14.0. The lowest BCUT2D eigenvalue weighted by atomic mass is 9.83. The molecule has 0 spiro atoms. The summed E-state index contributed by atoms with van der Waals surface area (Å²) in [5.74, 6) is 0.158. The lowest BCUT2D eigenvalue weighted by Gasteiger charge is -2.46. The summed E-state index contributed by atoms with van der Waals surface area (Å²) in [6, 6.07) is 29.2. The molecular formula is C37H44N4O2S. The molecule has 3 aromatic rings. The van der Waals surface area contributed by atoms with Gasteiger partial charge in [-0.2, -0.15) is 0 Å². The molecule has 2 aliphatic heterocycles. The number of fused-ring (bicyclic) bond motifs is 1. The summed E-state index contributed by atoms with van der Waals surface area (Å²) < 4.78 is 0. The zero-order chi connectivity index (χ0) is 30.3. The van der Waals surface area contributed by atoms with Gasteiger partial charge in [-0.25, -0.2) is 0 Å². The second kappa shape index (κ2) is 14.6. The fourth-order valence-electron chi connectivity index (χ4n) is 6.81. The molecule has 0 bridgehead atoms. The number of aryl methyl sites for hydroxylation is 1. The number of rotatable bonds is 9. The van der Waals surface area contributed by atoms with E-state index in [-0.39, 0.29) is 23.8 Å². The molecule has 3 aromatic carbocycles. The normalized spacial score (nSPS) is 23.8. The van der Waals surface area contributed by atoms with Crippen LogP contribution in [0.2, 0.25) is 0 Å². The highest BCUT2D eigenvalue weighted by atomic mass is 32.2. The average Bonchev–Trinajstić information content (AvgIpc) is 3.04. The second-order valence-electron chi connectivity index (χ2n) is 12.5. The highest BCUT2D eigenvalue weighted by Crippen LogP contribution is 2.44. The smallest absolute Gasteiger partial charge is 0.260 e. The van der Waals surface area contributed by atoms with Crippen molar-refractivity contribution in [2.45, 2.75) is 50.6 Å². The molecular weight excluding hydrogens is 565 g/mol. The van der Waals surface area contributed by atoms with Crippen LogP contribution in [0.15, 0.2) is 89.8 Å². The molecule has 0 radical (unpaired) electrons. The van der Waals surface area contributed by atoms with E-state index in [0.717, 1.165) is 74.6 Å². The molecule has 2 saturated heterocycles. The van der Waals surface area contributed by atoms with E-state index < -0.39 is 0 Å². The van der Waals surface area contributed by atoms with Crippen LogP contribution >= 0.6 is 11.8 Å². The second-order valence-corrected chi connectivity index (χ2v) is 13.8. The topological polar surface area (TPSA) is 55.9 Å². The first-order chi connectivity index (χ1) is 21.5. The van der Waals surface area contributed by atoms with Crippen LogP contribution < -0.4 is 5.32 Å². The number of carbonyl (C=O) groups excluding carboxylic acids is 2. The Balaban J connectivity index is 1.04. The molecule has 6 nitrogen and oxygen atoms in total. The highest BCUT2D eigenvalue weighted by molar-refractivity contribution is 8.04. The third-order valence-corrected chi connectivity index (χ3v) is 10.6. The SMILES string of the molecule is Cc1cccc(CN2C(=O)/C(=C/c3ccccc3)SC3CCC(C(=O)NCCN4CCN(Cc5ccccc5)CC4)CC32)c1. The van der Waals surface area contributed by atoms with Crippen molar-refractivity contribution in [2.24, 2.45) is 5.92 Å². The Hall–Kier alpha value is -3.39. The number of hydrogen-bond donors (Lipinski definition) is 1. The fraction of sp³-hybridized carbons (Fsp3) is 0.405. The van der Waals surface area contributed by atoms with Crippen LogP contribution in [0.4, 0.5) is 0 Å². The van der Waals surface area contributed by atoms with Gasteiger partial charge in [-0.1, -0.05) is 90.5 Å². The van der Waals surface area contributed by atoms with Gasteiger partial charge in [-0.15, -0.1) is 11.8 Å². The summed E-state index contributed by atoms with van der Waals surface area (Å²) in [4.78, 5) is 35.2. The third-order valence-electron chi connectivity index (χ3n) is 9.25. The number of carbonyl (C=O) groups is 2. The van der Waals surface area contributed by atoms with E-state index in [0.29, 0.717) is 18.3 Å². The van der Waals surface area contributed by atoms with Gasteiger partial charge >= 0.3 is 0 Å². The van der Waals surface area contributed by atoms with Crippen molar-refractivity contribution in [1.82, 2.24) is 20.0 Å². The number of nitrogens with zero attached hydrogens (tertiary/aromatic N) is 3. The summed E-state index contributed by atoms with van der Waals surface area (Å²) in [5, 5.41) is 3.55. The van der Waals surface area contributed by atoms with Gasteiger partial charge in [0, 0.05) is 69.6 Å². The van der Waals surface area contributed by atoms with Gasteiger partial charge in [0.25, 0.3) is 5.91 Å². The van der Waals surface area contributed by atoms with Crippen molar-refractivity contribution in [2.75, 3.05) is 39.3 Å². The Morgan fingerprint density at radius 1 is 0.864 bits per heavy atom. The van der Waals surface area contributed by atoms with E-state index in [1.54, 1.807) is 11.8 Å². The predicted octanol–water partition coefficient (Wildman–Crippen LogP) is 5.58. The molecule has 3 aliphatic rings. The van der Waals surface area contributed by atoms with Crippen molar-refractivity contribution in [3.8, 4) is 0 Å². The molecule has 3 atom stereocenters. The molecule has 7 heteroatoms. The van der Waals surface area contributed by atoms with Gasteiger partial charge in [0.1, 0.15) is 0 Å². The maximum Gasteiger partial charge on any atom is 0.260 e. The molecule has 2 amide bonds. The van der Waals surface area contributed by atoms with E-state index >= 15 is 0 Å². The minimum atomic E-state index is -0.0629. The molecule has 3 unspecified atom stereocenters. The van der Waals surface area contributed by atoms with Gasteiger partial charge < -0.3 is 10.2 Å². The average molecular weight is 609 g/mol. The number of nitrogens with one attached hydrogen (secondary N) is 1. The Morgan fingerprint density at radius 3 is 2.32 bits per heavy atom. The van der Waals surface area contributed by atoms with Crippen molar-refractivity contribution in [1.29, 1.82) is 0 Å². The molecule has 0 aromatic heterocycles. The minimum Gasteiger partial charge on any atom is -0.355 e. The first-order valence-electron chi connectivity index (χ1n) is 16.1. The minimum absolute atomic E-state index is 0.0446. The standard InChI is InChI=1S/C37H44N4O2S/c1-28-9-8-14-31(23-28)27-41-33-25-32(15-16-34(33)44-35(37(41)43)24-29-10-4-2-5-11-29)36(42)38-17-18-39-19-21-40(22-20-39)26-30-12-6-3-7-13-30/h2-14,23-24,32-34H,15-22,25-27H2,1H3,(H,38,42)/b35-24-. The zero-order valence-electron chi connectivity index (χ0n) is 25.7. The number of thioether (sulfide) groups is 1. The molecule has 2 heterocycles. The predicted molar refractivity (Wildman–Crippen MR) is 180 cm³/mol. The van der Waals surface area contributed by atoms with Crippen LogP contribution in [0, 0.1) is 12.8 Å². The summed E-state index contributed by atoms with van der Waals surface area (Å²) in [6.07, 6.45) is 4.55. The van der Waals surface area contributed by atoms with Crippen LogP contribution in [0.5, 0.6) is 0 Å². The molecule has 6 rings (SSSR count). The first-order valence-corrected chi connectivity index (χ1v) is 17.0. The monoisotopic (exact) mass is 608 g/mol. The fourth-order valence-corrected chi connectivity index (χ4v) is 8.23. The van der Waals surface area contributed by atoms with E-state index in [1.807, 2.05) is 36.4 Å². The Kier molecular flexibility index (Phi) is 10.2. The van der Waals surface area contributed by atoms with Crippen molar-refractivity contribution in [3.63, 3.8) is 0 Å². The van der Waals surface area contributed by atoms with Gasteiger partial charge in [0.2, 0.25) is 5.91 Å². The van der Waals surface area contributed by atoms with Crippen LogP contribution in [0.3, 0.4) is 0 Å². The summed E-state index contributed by atoms with van der Waals surface area (Å²) in [5.41, 5.74) is 4.74. The Labute approximate surface area is 266 Å². The van der Waals surface area contributed by atoms with E-state index in [9.17, 15) is 9.59 Å². The lowest BCUT2D eigenvalue weighted by molar-refractivity contribution is -0.133.